The molecule has 10 heavy (non-hydrogen) atoms. The van der Waals surface area contributed by atoms with Gasteiger partial charge in [0.25, 0.3) is 0 Å². The lowest BCUT2D eigenvalue weighted by molar-refractivity contribution is -0.104. The maximum atomic E-state index is 9.90. The van der Waals surface area contributed by atoms with Crippen LogP contribution in [0.3, 0.4) is 0 Å². The van der Waals surface area contributed by atoms with Crippen LogP contribution in [-0.4, -0.2) is 18.5 Å². The summed E-state index contributed by atoms with van der Waals surface area (Å²) in [6.07, 6.45) is 6.80. The van der Waals surface area contributed by atoms with Gasteiger partial charge in [0, 0.05) is 0 Å². The van der Waals surface area contributed by atoms with Crippen molar-refractivity contribution in [3.05, 3.63) is 12.2 Å². The number of carbonyl (C=O) groups is 1. The lowest BCUT2D eigenvalue weighted by atomic mass is 10.2. The van der Waals surface area contributed by atoms with E-state index in [0.717, 1.165) is 19.1 Å². The number of ether oxygens (including phenoxy) is 1. The second-order valence-corrected chi connectivity index (χ2v) is 2.58. The van der Waals surface area contributed by atoms with Crippen molar-refractivity contribution in [2.24, 2.45) is 0 Å². The Hall–Kier alpha value is -0.630. The number of hydrogen-bond donors (Lipinski definition) is 0. The average Bonchev–Trinajstić information content (AvgIpc) is 2.31. The molecule has 0 saturated carbocycles. The van der Waals surface area contributed by atoms with E-state index in [1.165, 1.54) is 6.08 Å². The zero-order chi connectivity index (χ0) is 7.40. The molecule has 0 aromatic heterocycles. The summed E-state index contributed by atoms with van der Waals surface area (Å²) in [7, 11) is 0. The summed E-state index contributed by atoms with van der Waals surface area (Å²) in [6.45, 7) is 2.05. The van der Waals surface area contributed by atoms with E-state index in [-0.39, 0.29) is 6.10 Å². The van der Waals surface area contributed by atoms with E-state index in [2.05, 4.69) is 6.92 Å². The smallest absolute Gasteiger partial charge is 0.142 e. The maximum absolute atomic E-state index is 9.90. The first-order valence-electron chi connectivity index (χ1n) is 3.60. The van der Waals surface area contributed by atoms with Crippen LogP contribution in [-0.2, 0) is 9.53 Å². The lowest BCUT2D eigenvalue weighted by Gasteiger charge is -2.03. The van der Waals surface area contributed by atoms with E-state index in [9.17, 15) is 4.79 Å². The molecule has 2 heteroatoms. The van der Waals surface area contributed by atoms with E-state index < -0.39 is 0 Å². The molecule has 2 atom stereocenters. The van der Waals surface area contributed by atoms with Gasteiger partial charge in [-0.05, 0) is 25.8 Å². The van der Waals surface area contributed by atoms with Crippen molar-refractivity contribution in [1.29, 1.82) is 0 Å². The molecule has 0 spiro atoms. The van der Waals surface area contributed by atoms with Gasteiger partial charge >= 0.3 is 0 Å². The fraction of sp³-hybridized carbons (Fsp3) is 0.625. The highest BCUT2D eigenvalue weighted by atomic mass is 16.5. The van der Waals surface area contributed by atoms with Crippen LogP contribution in [0.5, 0.6) is 0 Å². The summed E-state index contributed by atoms with van der Waals surface area (Å²) >= 11 is 0. The average molecular weight is 140 g/mol. The van der Waals surface area contributed by atoms with Crippen molar-refractivity contribution < 1.29 is 9.53 Å². The van der Waals surface area contributed by atoms with Gasteiger partial charge in [0.05, 0.1) is 12.2 Å². The van der Waals surface area contributed by atoms with Crippen LogP contribution in [0.15, 0.2) is 12.2 Å². The molecule has 0 N–H and O–H groups in total. The summed E-state index contributed by atoms with van der Waals surface area (Å²) < 4.78 is 5.42. The molecule has 1 fully saturated rings. The van der Waals surface area contributed by atoms with E-state index in [4.69, 9.17) is 4.74 Å². The Bertz CT molecular complexity index is 140. The third-order valence-corrected chi connectivity index (χ3v) is 1.67. The predicted octanol–water partition coefficient (Wildman–Crippen LogP) is 1.31. The second-order valence-electron chi connectivity index (χ2n) is 2.58. The third-order valence-electron chi connectivity index (χ3n) is 1.67. The van der Waals surface area contributed by atoms with Crippen LogP contribution < -0.4 is 0 Å². The molecule has 1 heterocycles. The van der Waals surface area contributed by atoms with E-state index in [1.54, 1.807) is 0 Å². The number of rotatable bonds is 2. The number of hydrogen-bond acceptors (Lipinski definition) is 2. The number of allylic oxidation sites excluding steroid dienone is 1. The first kappa shape index (κ1) is 7.48. The van der Waals surface area contributed by atoms with Gasteiger partial charge in [0.15, 0.2) is 0 Å². The summed E-state index contributed by atoms with van der Waals surface area (Å²) in [5, 5.41) is 0. The van der Waals surface area contributed by atoms with E-state index >= 15 is 0 Å². The fourth-order valence-electron chi connectivity index (χ4n) is 1.14. The van der Waals surface area contributed by atoms with Crippen molar-refractivity contribution in [3.63, 3.8) is 0 Å². The summed E-state index contributed by atoms with van der Waals surface area (Å²) in [5.74, 6) is 0. The molecule has 1 saturated heterocycles. The summed E-state index contributed by atoms with van der Waals surface area (Å²) in [5.41, 5.74) is 0. The van der Waals surface area contributed by atoms with Gasteiger partial charge in [-0.25, -0.2) is 0 Å². The Kier molecular flexibility index (Phi) is 2.63. The zero-order valence-electron chi connectivity index (χ0n) is 6.12. The van der Waals surface area contributed by atoms with Gasteiger partial charge in [-0.2, -0.15) is 0 Å². The first-order chi connectivity index (χ1) is 4.83. The quantitative estimate of drug-likeness (QED) is 0.427. The van der Waals surface area contributed by atoms with Gasteiger partial charge in [0.2, 0.25) is 0 Å². The molecular formula is C8H12O2. The molecule has 0 radical (unpaired) electrons. The Morgan fingerprint density at radius 2 is 2.30 bits per heavy atom. The van der Waals surface area contributed by atoms with Gasteiger partial charge in [0.1, 0.15) is 6.29 Å². The largest absolute Gasteiger partial charge is 0.371 e. The molecule has 1 aliphatic rings. The molecule has 0 bridgehead atoms. The van der Waals surface area contributed by atoms with Crippen molar-refractivity contribution in [1.82, 2.24) is 0 Å². The molecule has 56 valence electrons. The minimum absolute atomic E-state index is 0.181. The lowest BCUT2D eigenvalue weighted by Crippen LogP contribution is -2.04. The molecule has 0 aromatic rings. The summed E-state index contributed by atoms with van der Waals surface area (Å²) in [6, 6.07) is 0. The van der Waals surface area contributed by atoms with Crippen LogP contribution >= 0.6 is 0 Å². The van der Waals surface area contributed by atoms with Crippen molar-refractivity contribution in [2.75, 3.05) is 0 Å². The highest BCUT2D eigenvalue weighted by Gasteiger charge is 2.18. The highest BCUT2D eigenvalue weighted by Crippen LogP contribution is 2.19. The monoisotopic (exact) mass is 140 g/mol. The van der Waals surface area contributed by atoms with Gasteiger partial charge in [-0.1, -0.05) is 6.08 Å². The number of aldehydes is 1. The van der Waals surface area contributed by atoms with Crippen LogP contribution in [0, 0.1) is 0 Å². The molecular weight excluding hydrogens is 128 g/mol. The van der Waals surface area contributed by atoms with Crippen molar-refractivity contribution >= 4 is 6.29 Å². The molecule has 0 aliphatic carbocycles. The second kappa shape index (κ2) is 3.52. The van der Waals surface area contributed by atoms with Crippen LogP contribution in [0.4, 0.5) is 0 Å². The van der Waals surface area contributed by atoms with Crippen LogP contribution in [0.25, 0.3) is 0 Å². The zero-order valence-corrected chi connectivity index (χ0v) is 6.12. The minimum atomic E-state index is 0.181. The predicted molar refractivity (Wildman–Crippen MR) is 38.8 cm³/mol. The van der Waals surface area contributed by atoms with Crippen molar-refractivity contribution in [3.8, 4) is 0 Å². The van der Waals surface area contributed by atoms with Crippen LogP contribution in [0.1, 0.15) is 19.8 Å². The third kappa shape index (κ3) is 1.95. The van der Waals surface area contributed by atoms with Gasteiger partial charge in [-0.3, -0.25) is 4.79 Å². The molecule has 2 unspecified atom stereocenters. The Morgan fingerprint density at radius 1 is 1.50 bits per heavy atom. The molecule has 2 nitrogen and oxygen atoms in total. The Labute approximate surface area is 60.9 Å². The fourth-order valence-corrected chi connectivity index (χ4v) is 1.14. The standard InChI is InChI=1S/C8H12O2/c1-7-4-5-8(10-7)3-2-6-9/h2-3,6-8H,4-5H2,1H3/b3-2+. The number of carbonyl (C=O) groups excluding carboxylic acids is 1. The normalized spacial score (nSPS) is 33.3. The van der Waals surface area contributed by atoms with E-state index in [0.29, 0.717) is 6.10 Å². The topological polar surface area (TPSA) is 26.3 Å². The molecule has 0 amide bonds. The Morgan fingerprint density at radius 3 is 2.80 bits per heavy atom. The van der Waals surface area contributed by atoms with Crippen LogP contribution in [0.2, 0.25) is 0 Å². The van der Waals surface area contributed by atoms with Gasteiger partial charge in [-0.15, -0.1) is 0 Å². The van der Waals surface area contributed by atoms with Crippen molar-refractivity contribution in [2.45, 2.75) is 32.0 Å². The summed E-state index contributed by atoms with van der Waals surface area (Å²) in [4.78, 5) is 9.90. The molecule has 0 aromatic carbocycles. The minimum Gasteiger partial charge on any atom is -0.371 e. The highest BCUT2D eigenvalue weighted by molar-refractivity contribution is 5.64. The van der Waals surface area contributed by atoms with E-state index in [1.807, 2.05) is 6.08 Å². The SMILES string of the molecule is CC1CCC(/C=C/C=O)O1. The molecule has 1 aliphatic heterocycles. The first-order valence-corrected chi connectivity index (χ1v) is 3.60. The maximum Gasteiger partial charge on any atom is 0.142 e. The van der Waals surface area contributed by atoms with Gasteiger partial charge < -0.3 is 4.74 Å². The molecule has 1 rings (SSSR count). The Balaban J connectivity index is 2.30.